The van der Waals surface area contributed by atoms with Gasteiger partial charge in [-0.2, -0.15) is 0 Å². The van der Waals surface area contributed by atoms with Gasteiger partial charge >= 0.3 is 5.97 Å². The standard InChI is InChI=1S/C13H15N3O3/c1-2-18-13(17)9-19-12-4-3-5-15-11(12)8-16-7-6-14-10-16/h3-7,10H,2,8-9H2,1H3. The van der Waals surface area contributed by atoms with E-state index in [1.54, 1.807) is 37.8 Å². The van der Waals surface area contributed by atoms with Gasteiger partial charge in [0.15, 0.2) is 6.61 Å². The Bertz CT molecular complexity index is 526. The number of imidazole rings is 1. The Balaban J connectivity index is 2.02. The van der Waals surface area contributed by atoms with Crippen LogP contribution in [0, 0.1) is 0 Å². The maximum Gasteiger partial charge on any atom is 0.344 e. The lowest BCUT2D eigenvalue weighted by Gasteiger charge is -2.10. The normalized spacial score (nSPS) is 10.2. The molecule has 0 amide bonds. The Morgan fingerprint density at radius 2 is 2.32 bits per heavy atom. The van der Waals surface area contributed by atoms with Gasteiger partial charge in [0.25, 0.3) is 0 Å². The third kappa shape index (κ3) is 3.80. The maximum absolute atomic E-state index is 11.3. The Hall–Kier alpha value is -2.37. The van der Waals surface area contributed by atoms with Crippen molar-refractivity contribution in [2.75, 3.05) is 13.2 Å². The molecule has 0 atom stereocenters. The zero-order valence-electron chi connectivity index (χ0n) is 10.7. The van der Waals surface area contributed by atoms with Crippen molar-refractivity contribution in [3.63, 3.8) is 0 Å². The number of carbonyl (C=O) groups excluding carboxylic acids is 1. The number of pyridine rings is 1. The highest BCUT2D eigenvalue weighted by Gasteiger charge is 2.08. The molecule has 0 aliphatic rings. The summed E-state index contributed by atoms with van der Waals surface area (Å²) >= 11 is 0. The maximum atomic E-state index is 11.3. The first-order valence-corrected chi connectivity index (χ1v) is 5.97. The molecule has 2 aromatic heterocycles. The van der Waals surface area contributed by atoms with Crippen molar-refractivity contribution in [2.24, 2.45) is 0 Å². The molecule has 0 saturated carbocycles. The number of aromatic nitrogens is 3. The third-order valence-electron chi connectivity index (χ3n) is 2.39. The molecular formula is C13H15N3O3. The van der Waals surface area contributed by atoms with E-state index in [0.29, 0.717) is 18.9 Å². The van der Waals surface area contributed by atoms with E-state index in [-0.39, 0.29) is 12.6 Å². The predicted molar refractivity (Wildman–Crippen MR) is 67.7 cm³/mol. The first-order valence-electron chi connectivity index (χ1n) is 5.97. The molecule has 0 aliphatic heterocycles. The highest BCUT2D eigenvalue weighted by Crippen LogP contribution is 2.16. The minimum Gasteiger partial charge on any atom is -0.480 e. The summed E-state index contributed by atoms with van der Waals surface area (Å²) in [5, 5.41) is 0. The van der Waals surface area contributed by atoms with Crippen LogP contribution < -0.4 is 4.74 Å². The zero-order chi connectivity index (χ0) is 13.5. The second kappa shape index (κ2) is 6.53. The van der Waals surface area contributed by atoms with E-state index >= 15 is 0 Å². The van der Waals surface area contributed by atoms with Gasteiger partial charge in [0, 0.05) is 18.6 Å². The number of carbonyl (C=O) groups is 1. The van der Waals surface area contributed by atoms with Crippen LogP contribution in [0.3, 0.4) is 0 Å². The van der Waals surface area contributed by atoms with E-state index < -0.39 is 0 Å². The lowest BCUT2D eigenvalue weighted by Crippen LogP contribution is -2.15. The van der Waals surface area contributed by atoms with Crippen LogP contribution in [0.4, 0.5) is 0 Å². The first kappa shape index (κ1) is 13.1. The summed E-state index contributed by atoms with van der Waals surface area (Å²) in [5.41, 5.74) is 0.741. The van der Waals surface area contributed by atoms with Crippen molar-refractivity contribution in [3.05, 3.63) is 42.7 Å². The lowest BCUT2D eigenvalue weighted by atomic mass is 10.3. The van der Waals surface area contributed by atoms with Crippen molar-refractivity contribution in [1.29, 1.82) is 0 Å². The number of esters is 1. The van der Waals surface area contributed by atoms with Gasteiger partial charge in [-0.1, -0.05) is 0 Å². The zero-order valence-corrected chi connectivity index (χ0v) is 10.7. The van der Waals surface area contributed by atoms with Crippen LogP contribution in [0.15, 0.2) is 37.1 Å². The average molecular weight is 261 g/mol. The molecule has 6 nitrogen and oxygen atoms in total. The molecule has 0 unspecified atom stereocenters. The molecule has 19 heavy (non-hydrogen) atoms. The van der Waals surface area contributed by atoms with E-state index in [9.17, 15) is 4.79 Å². The summed E-state index contributed by atoms with van der Waals surface area (Å²) in [6.45, 7) is 2.53. The van der Waals surface area contributed by atoms with Crippen LogP contribution in [-0.2, 0) is 16.1 Å². The molecule has 2 aromatic rings. The molecule has 6 heteroatoms. The number of hydrogen-bond acceptors (Lipinski definition) is 5. The van der Waals surface area contributed by atoms with Gasteiger partial charge in [-0.05, 0) is 19.1 Å². The van der Waals surface area contributed by atoms with Crippen molar-refractivity contribution in [2.45, 2.75) is 13.5 Å². The molecule has 0 spiro atoms. The molecule has 0 aromatic carbocycles. The largest absolute Gasteiger partial charge is 0.480 e. The fourth-order valence-electron chi connectivity index (χ4n) is 1.57. The number of ether oxygens (including phenoxy) is 2. The minimum atomic E-state index is -0.389. The van der Waals surface area contributed by atoms with Crippen LogP contribution in [0.2, 0.25) is 0 Å². The summed E-state index contributed by atoms with van der Waals surface area (Å²) in [4.78, 5) is 19.5. The SMILES string of the molecule is CCOC(=O)COc1cccnc1Cn1ccnc1. The Labute approximate surface area is 111 Å². The highest BCUT2D eigenvalue weighted by atomic mass is 16.6. The number of hydrogen-bond donors (Lipinski definition) is 0. The number of rotatable bonds is 6. The quantitative estimate of drug-likeness (QED) is 0.732. The molecule has 0 fully saturated rings. The monoisotopic (exact) mass is 261 g/mol. The summed E-state index contributed by atoms with van der Waals surface area (Å²) in [7, 11) is 0. The third-order valence-corrected chi connectivity index (χ3v) is 2.39. The van der Waals surface area contributed by atoms with Gasteiger partial charge in [-0.3, -0.25) is 4.98 Å². The molecular weight excluding hydrogens is 246 g/mol. The molecule has 0 aliphatic carbocycles. The van der Waals surface area contributed by atoms with Gasteiger partial charge in [0.2, 0.25) is 0 Å². The first-order chi connectivity index (χ1) is 9.29. The summed E-state index contributed by atoms with van der Waals surface area (Å²) in [5.74, 6) is 0.184. The Morgan fingerprint density at radius 3 is 3.05 bits per heavy atom. The van der Waals surface area contributed by atoms with Gasteiger partial charge in [-0.25, -0.2) is 9.78 Å². The van der Waals surface area contributed by atoms with E-state index in [4.69, 9.17) is 9.47 Å². The fraction of sp³-hybridized carbons (Fsp3) is 0.308. The second-order valence-corrected chi connectivity index (χ2v) is 3.78. The van der Waals surface area contributed by atoms with E-state index in [1.165, 1.54) is 0 Å². The van der Waals surface area contributed by atoms with Gasteiger partial charge in [0.1, 0.15) is 11.4 Å². The average Bonchev–Trinajstić information content (AvgIpc) is 2.91. The highest BCUT2D eigenvalue weighted by molar-refractivity contribution is 5.71. The van der Waals surface area contributed by atoms with E-state index in [1.807, 2.05) is 10.8 Å². The van der Waals surface area contributed by atoms with Crippen molar-refractivity contribution < 1.29 is 14.3 Å². The van der Waals surface area contributed by atoms with Crippen LogP contribution in [0.5, 0.6) is 5.75 Å². The number of nitrogens with zero attached hydrogens (tertiary/aromatic N) is 3. The molecule has 0 radical (unpaired) electrons. The Kier molecular flexibility index (Phi) is 4.49. The van der Waals surface area contributed by atoms with Gasteiger partial charge in [-0.15, -0.1) is 0 Å². The molecule has 2 rings (SSSR count). The minimum absolute atomic E-state index is 0.115. The van der Waals surface area contributed by atoms with Crippen molar-refractivity contribution in [1.82, 2.24) is 14.5 Å². The summed E-state index contributed by atoms with van der Waals surface area (Å²) in [6.07, 6.45) is 6.92. The Morgan fingerprint density at radius 1 is 1.42 bits per heavy atom. The molecule has 2 heterocycles. The molecule has 0 N–H and O–H groups in total. The summed E-state index contributed by atoms with van der Waals surface area (Å²) in [6, 6.07) is 3.54. The summed E-state index contributed by atoms with van der Waals surface area (Å²) < 4.78 is 12.1. The molecule has 0 saturated heterocycles. The van der Waals surface area contributed by atoms with E-state index in [0.717, 1.165) is 5.69 Å². The topological polar surface area (TPSA) is 66.2 Å². The molecule has 0 bridgehead atoms. The van der Waals surface area contributed by atoms with Crippen LogP contribution >= 0.6 is 0 Å². The lowest BCUT2D eigenvalue weighted by molar-refractivity contribution is -0.145. The van der Waals surface area contributed by atoms with Crippen LogP contribution in [0.1, 0.15) is 12.6 Å². The fourth-order valence-corrected chi connectivity index (χ4v) is 1.57. The van der Waals surface area contributed by atoms with E-state index in [2.05, 4.69) is 9.97 Å². The van der Waals surface area contributed by atoms with Gasteiger partial charge < -0.3 is 14.0 Å². The predicted octanol–water partition coefficient (Wildman–Crippen LogP) is 1.27. The van der Waals surface area contributed by atoms with Crippen molar-refractivity contribution in [3.8, 4) is 5.75 Å². The second-order valence-electron chi connectivity index (χ2n) is 3.78. The smallest absolute Gasteiger partial charge is 0.344 e. The molecule has 100 valence electrons. The van der Waals surface area contributed by atoms with Crippen molar-refractivity contribution >= 4 is 5.97 Å². The van der Waals surface area contributed by atoms with Crippen LogP contribution in [-0.4, -0.2) is 33.7 Å². The van der Waals surface area contributed by atoms with Crippen LogP contribution in [0.25, 0.3) is 0 Å². The van der Waals surface area contributed by atoms with Gasteiger partial charge in [0.05, 0.1) is 19.5 Å².